The number of hydrogen-bond acceptors (Lipinski definition) is 2. The topological polar surface area (TPSA) is 26.3 Å². The summed E-state index contributed by atoms with van der Waals surface area (Å²) in [5, 5.41) is 0. The zero-order chi connectivity index (χ0) is 13.2. The van der Waals surface area contributed by atoms with Crippen LogP contribution in [0.25, 0.3) is 0 Å². The lowest BCUT2D eigenvalue weighted by Gasteiger charge is -2.44. The first-order valence-corrected chi connectivity index (χ1v) is 7.91. The van der Waals surface area contributed by atoms with Crippen molar-refractivity contribution in [2.24, 2.45) is 40.9 Å². The van der Waals surface area contributed by atoms with E-state index in [1.165, 1.54) is 38.2 Å². The van der Waals surface area contributed by atoms with Gasteiger partial charge in [0.2, 0.25) is 0 Å². The Kier molecular flexibility index (Phi) is 2.44. The fourth-order valence-corrected chi connectivity index (χ4v) is 6.50. The van der Waals surface area contributed by atoms with E-state index < -0.39 is 0 Å². The van der Waals surface area contributed by atoms with Crippen molar-refractivity contribution in [3.63, 3.8) is 0 Å². The van der Waals surface area contributed by atoms with Gasteiger partial charge in [-0.05, 0) is 67.6 Å². The third-order valence-corrected chi connectivity index (χ3v) is 6.95. The number of fused-ring (bicyclic) bond motifs is 9. The molecule has 0 spiro atoms. The average molecular weight is 260 g/mol. The van der Waals surface area contributed by atoms with Crippen LogP contribution in [0.3, 0.4) is 0 Å². The van der Waals surface area contributed by atoms with Crippen molar-refractivity contribution in [2.75, 3.05) is 6.61 Å². The van der Waals surface area contributed by atoms with Gasteiger partial charge in [-0.25, -0.2) is 4.79 Å². The van der Waals surface area contributed by atoms with Crippen LogP contribution in [0.2, 0.25) is 0 Å². The van der Waals surface area contributed by atoms with E-state index in [0.29, 0.717) is 6.61 Å². The second-order valence-corrected chi connectivity index (χ2v) is 7.76. The number of rotatable bonds is 3. The Bertz CT molecular complexity index is 429. The third-order valence-electron chi connectivity index (χ3n) is 6.95. The van der Waals surface area contributed by atoms with Crippen LogP contribution in [0.1, 0.15) is 39.0 Å². The van der Waals surface area contributed by atoms with Crippen LogP contribution in [-0.2, 0) is 9.53 Å². The molecule has 2 nitrogen and oxygen atoms in total. The molecule has 0 saturated heterocycles. The van der Waals surface area contributed by atoms with Gasteiger partial charge in [0.15, 0.2) is 0 Å². The van der Waals surface area contributed by atoms with Gasteiger partial charge in [-0.1, -0.05) is 13.5 Å². The summed E-state index contributed by atoms with van der Waals surface area (Å²) in [5.74, 6) is 5.53. The summed E-state index contributed by atoms with van der Waals surface area (Å²) in [7, 11) is 0. The zero-order valence-electron chi connectivity index (χ0n) is 11.8. The molecule has 0 aromatic rings. The monoisotopic (exact) mass is 260 g/mol. The lowest BCUT2D eigenvalue weighted by atomic mass is 9.62. The minimum absolute atomic E-state index is 0.245. The SMILES string of the molecule is C=CC(=O)OCC1(C)CC2CC1C1C3CCC(C3)C21. The van der Waals surface area contributed by atoms with Crippen LogP contribution < -0.4 is 0 Å². The van der Waals surface area contributed by atoms with Crippen molar-refractivity contribution in [3.05, 3.63) is 12.7 Å². The molecule has 0 heterocycles. The molecule has 0 aromatic heterocycles. The fourth-order valence-electron chi connectivity index (χ4n) is 6.50. The Labute approximate surface area is 115 Å². The molecule has 4 bridgehead atoms. The first-order valence-electron chi connectivity index (χ1n) is 7.91. The Morgan fingerprint density at radius 2 is 2.00 bits per heavy atom. The van der Waals surface area contributed by atoms with Crippen molar-refractivity contribution in [2.45, 2.75) is 39.0 Å². The van der Waals surface area contributed by atoms with E-state index >= 15 is 0 Å². The van der Waals surface area contributed by atoms with Crippen molar-refractivity contribution < 1.29 is 9.53 Å². The summed E-state index contributed by atoms with van der Waals surface area (Å²) in [6, 6.07) is 0. The van der Waals surface area contributed by atoms with Gasteiger partial charge in [0.05, 0.1) is 6.61 Å². The number of esters is 1. The lowest BCUT2D eigenvalue weighted by Crippen LogP contribution is -2.41. The Balaban J connectivity index is 1.52. The Morgan fingerprint density at radius 3 is 2.74 bits per heavy atom. The maximum absolute atomic E-state index is 11.3. The van der Waals surface area contributed by atoms with Crippen LogP contribution in [0.4, 0.5) is 0 Å². The molecule has 7 unspecified atom stereocenters. The van der Waals surface area contributed by atoms with Crippen LogP contribution in [0.5, 0.6) is 0 Å². The molecule has 0 aliphatic heterocycles. The molecule has 0 amide bonds. The van der Waals surface area contributed by atoms with Gasteiger partial charge >= 0.3 is 5.97 Å². The molecule has 104 valence electrons. The highest BCUT2D eigenvalue weighted by Crippen LogP contribution is 2.71. The lowest BCUT2D eigenvalue weighted by molar-refractivity contribution is -0.143. The summed E-state index contributed by atoms with van der Waals surface area (Å²) < 4.78 is 5.40. The molecular formula is C17H24O2. The van der Waals surface area contributed by atoms with Crippen LogP contribution in [0, 0.1) is 40.9 Å². The normalized spacial score (nSPS) is 53.3. The van der Waals surface area contributed by atoms with Gasteiger partial charge in [-0.3, -0.25) is 0 Å². The van der Waals surface area contributed by atoms with Gasteiger partial charge in [0, 0.05) is 11.5 Å². The quantitative estimate of drug-likeness (QED) is 0.441. The largest absolute Gasteiger partial charge is 0.462 e. The summed E-state index contributed by atoms with van der Waals surface area (Å²) in [6.07, 6.45) is 8.45. The van der Waals surface area contributed by atoms with E-state index in [4.69, 9.17) is 4.74 Å². The first kappa shape index (κ1) is 12.0. The Morgan fingerprint density at radius 1 is 1.26 bits per heavy atom. The second-order valence-electron chi connectivity index (χ2n) is 7.76. The van der Waals surface area contributed by atoms with Gasteiger partial charge in [-0.2, -0.15) is 0 Å². The summed E-state index contributed by atoms with van der Waals surface area (Å²) in [5.41, 5.74) is 0.245. The maximum atomic E-state index is 11.3. The van der Waals surface area contributed by atoms with E-state index in [0.717, 1.165) is 35.5 Å². The van der Waals surface area contributed by atoms with Gasteiger partial charge in [0.1, 0.15) is 0 Å². The number of carbonyl (C=O) groups excluding carboxylic acids is 1. The number of hydrogen-bond donors (Lipinski definition) is 0. The average Bonchev–Trinajstić information content (AvgIpc) is 3.12. The Hall–Kier alpha value is -0.790. The molecular weight excluding hydrogens is 236 g/mol. The first-order chi connectivity index (χ1) is 9.12. The summed E-state index contributed by atoms with van der Waals surface area (Å²) in [6.45, 7) is 6.45. The second kappa shape index (κ2) is 3.86. The van der Waals surface area contributed by atoms with Crippen molar-refractivity contribution in [1.29, 1.82) is 0 Å². The van der Waals surface area contributed by atoms with Crippen LogP contribution in [-0.4, -0.2) is 12.6 Å². The highest BCUT2D eigenvalue weighted by molar-refractivity contribution is 5.81. The van der Waals surface area contributed by atoms with E-state index in [-0.39, 0.29) is 11.4 Å². The van der Waals surface area contributed by atoms with Gasteiger partial charge in [-0.15, -0.1) is 0 Å². The maximum Gasteiger partial charge on any atom is 0.330 e. The molecule has 4 aliphatic carbocycles. The van der Waals surface area contributed by atoms with Gasteiger partial charge < -0.3 is 4.74 Å². The van der Waals surface area contributed by atoms with Crippen LogP contribution in [0.15, 0.2) is 12.7 Å². The molecule has 4 saturated carbocycles. The van der Waals surface area contributed by atoms with E-state index in [1.54, 1.807) is 0 Å². The highest BCUT2D eigenvalue weighted by atomic mass is 16.5. The predicted octanol–water partition coefficient (Wildman–Crippen LogP) is 3.42. The molecule has 4 aliphatic rings. The predicted molar refractivity (Wildman–Crippen MR) is 73.3 cm³/mol. The minimum Gasteiger partial charge on any atom is -0.462 e. The molecule has 4 rings (SSSR count). The molecule has 4 fully saturated rings. The molecule has 2 heteroatoms. The molecule has 7 atom stereocenters. The molecule has 0 N–H and O–H groups in total. The fraction of sp³-hybridized carbons (Fsp3) is 0.824. The minimum atomic E-state index is -0.256. The van der Waals surface area contributed by atoms with E-state index in [1.807, 2.05) is 0 Å². The molecule has 0 aromatic carbocycles. The smallest absolute Gasteiger partial charge is 0.330 e. The standard InChI is InChI=1S/C17H24O2/c1-3-14(18)19-9-17(2)8-12-7-13(17)16-11-5-4-10(6-11)15(12)16/h3,10-13,15-16H,1,4-9H2,2H3. The summed E-state index contributed by atoms with van der Waals surface area (Å²) >= 11 is 0. The third kappa shape index (κ3) is 1.52. The highest BCUT2D eigenvalue weighted by Gasteiger charge is 2.65. The zero-order valence-corrected chi connectivity index (χ0v) is 11.8. The van der Waals surface area contributed by atoms with Crippen molar-refractivity contribution in [1.82, 2.24) is 0 Å². The van der Waals surface area contributed by atoms with Crippen molar-refractivity contribution in [3.8, 4) is 0 Å². The van der Waals surface area contributed by atoms with E-state index in [2.05, 4.69) is 13.5 Å². The van der Waals surface area contributed by atoms with Crippen LogP contribution >= 0.6 is 0 Å². The number of ether oxygens (including phenoxy) is 1. The summed E-state index contributed by atoms with van der Waals surface area (Å²) in [4.78, 5) is 11.3. The van der Waals surface area contributed by atoms with Crippen molar-refractivity contribution >= 4 is 5.97 Å². The molecule has 19 heavy (non-hydrogen) atoms. The van der Waals surface area contributed by atoms with Gasteiger partial charge in [0.25, 0.3) is 0 Å². The van der Waals surface area contributed by atoms with E-state index in [9.17, 15) is 4.79 Å². The molecule has 0 radical (unpaired) electrons. The number of carbonyl (C=O) groups is 1.